The number of hydrogen-bond acceptors (Lipinski definition) is 6. The Balaban J connectivity index is 2.76. The van der Waals surface area contributed by atoms with Crippen LogP contribution in [-0.4, -0.2) is 30.1 Å². The molecular formula is C8H14N2O2S3. The van der Waals surface area contributed by atoms with Gasteiger partial charge in [0.1, 0.15) is 0 Å². The summed E-state index contributed by atoms with van der Waals surface area (Å²) in [7, 11) is -3.19. The van der Waals surface area contributed by atoms with E-state index in [1.165, 1.54) is 23.1 Å². The first kappa shape index (κ1) is 12.9. The summed E-state index contributed by atoms with van der Waals surface area (Å²) in [5.74, 6) is 1.05. The maximum Gasteiger partial charge on any atom is 0.233 e. The molecular weight excluding hydrogens is 252 g/mol. The molecule has 0 fully saturated rings. The van der Waals surface area contributed by atoms with Gasteiger partial charge in [0.2, 0.25) is 14.2 Å². The van der Waals surface area contributed by atoms with Gasteiger partial charge in [-0.2, -0.15) is 0 Å². The van der Waals surface area contributed by atoms with Crippen molar-refractivity contribution in [3.05, 3.63) is 0 Å². The average Bonchev–Trinajstić information content (AvgIpc) is 2.65. The first-order valence-electron chi connectivity index (χ1n) is 4.79. The van der Waals surface area contributed by atoms with E-state index < -0.39 is 9.84 Å². The van der Waals surface area contributed by atoms with Gasteiger partial charge in [-0.15, -0.1) is 10.2 Å². The first-order valence-corrected chi connectivity index (χ1v) is 8.24. The van der Waals surface area contributed by atoms with Gasteiger partial charge in [-0.3, -0.25) is 0 Å². The molecule has 7 heteroatoms. The Morgan fingerprint density at radius 3 is 2.67 bits per heavy atom. The highest BCUT2D eigenvalue weighted by Gasteiger charge is 2.19. The lowest BCUT2D eigenvalue weighted by molar-refractivity contribution is 0.590. The molecule has 0 atom stereocenters. The van der Waals surface area contributed by atoms with Gasteiger partial charge in [0.25, 0.3) is 0 Å². The fraction of sp³-hybridized carbons (Fsp3) is 0.750. The van der Waals surface area contributed by atoms with Crippen molar-refractivity contribution >= 4 is 32.9 Å². The van der Waals surface area contributed by atoms with E-state index in [0.29, 0.717) is 6.42 Å². The lowest BCUT2D eigenvalue weighted by atomic mass is 10.4. The minimum absolute atomic E-state index is 0.159. The van der Waals surface area contributed by atoms with Crippen molar-refractivity contribution in [3.63, 3.8) is 0 Å². The highest BCUT2D eigenvalue weighted by Crippen LogP contribution is 2.25. The van der Waals surface area contributed by atoms with E-state index in [1.807, 2.05) is 13.8 Å². The largest absolute Gasteiger partial charge is 0.233 e. The summed E-state index contributed by atoms with van der Waals surface area (Å²) in [6.45, 7) is 3.96. The van der Waals surface area contributed by atoms with Crippen LogP contribution in [0.4, 0.5) is 0 Å². The van der Waals surface area contributed by atoms with Gasteiger partial charge < -0.3 is 0 Å². The summed E-state index contributed by atoms with van der Waals surface area (Å²) in [4.78, 5) is 0. The van der Waals surface area contributed by atoms with Crippen LogP contribution < -0.4 is 0 Å². The minimum atomic E-state index is -3.19. The van der Waals surface area contributed by atoms with Gasteiger partial charge in [-0.25, -0.2) is 8.42 Å². The van der Waals surface area contributed by atoms with Crippen molar-refractivity contribution in [2.45, 2.75) is 35.4 Å². The van der Waals surface area contributed by atoms with Crippen molar-refractivity contribution < 1.29 is 8.42 Å². The van der Waals surface area contributed by atoms with Crippen LogP contribution in [0.5, 0.6) is 0 Å². The van der Waals surface area contributed by atoms with E-state index in [9.17, 15) is 8.42 Å². The molecule has 0 aliphatic rings. The van der Waals surface area contributed by atoms with Crippen LogP contribution in [0.15, 0.2) is 8.68 Å². The summed E-state index contributed by atoms with van der Waals surface area (Å²) in [6, 6.07) is 0. The summed E-state index contributed by atoms with van der Waals surface area (Å²) in [5, 5.41) is 7.55. The predicted octanol–water partition coefficient (Wildman–Crippen LogP) is 2.22. The molecule has 15 heavy (non-hydrogen) atoms. The maximum absolute atomic E-state index is 11.7. The van der Waals surface area contributed by atoms with Gasteiger partial charge in [-0.1, -0.05) is 43.4 Å². The molecule has 0 spiro atoms. The molecule has 0 N–H and O–H groups in total. The topological polar surface area (TPSA) is 59.9 Å². The number of unbranched alkanes of at least 4 members (excludes halogenated alkanes) is 1. The van der Waals surface area contributed by atoms with Gasteiger partial charge in [0.05, 0.1) is 5.75 Å². The zero-order valence-corrected chi connectivity index (χ0v) is 11.2. The molecule has 1 heterocycles. The molecule has 0 aliphatic carbocycles. The summed E-state index contributed by atoms with van der Waals surface area (Å²) in [5.41, 5.74) is 0. The van der Waals surface area contributed by atoms with E-state index in [1.54, 1.807) is 0 Å². The second-order valence-electron chi connectivity index (χ2n) is 2.94. The quantitative estimate of drug-likeness (QED) is 0.739. The smallest absolute Gasteiger partial charge is 0.221 e. The van der Waals surface area contributed by atoms with Crippen LogP contribution in [-0.2, 0) is 9.84 Å². The number of aromatic nitrogens is 2. The number of hydrogen-bond donors (Lipinski definition) is 0. The van der Waals surface area contributed by atoms with Crippen LogP contribution >= 0.6 is 23.1 Å². The first-order chi connectivity index (χ1) is 7.10. The molecule has 0 saturated heterocycles. The Labute approximate surface area is 98.4 Å². The summed E-state index contributed by atoms with van der Waals surface area (Å²) >= 11 is 2.68. The van der Waals surface area contributed by atoms with Crippen molar-refractivity contribution in [3.8, 4) is 0 Å². The molecule has 4 nitrogen and oxygen atoms in total. The zero-order chi connectivity index (χ0) is 11.3. The van der Waals surface area contributed by atoms with Crippen LogP contribution in [0.2, 0.25) is 0 Å². The van der Waals surface area contributed by atoms with Gasteiger partial charge in [0.15, 0.2) is 4.34 Å². The van der Waals surface area contributed by atoms with Gasteiger partial charge >= 0.3 is 0 Å². The molecule has 1 aromatic heterocycles. The van der Waals surface area contributed by atoms with Crippen LogP contribution in [0.3, 0.4) is 0 Å². The number of rotatable bonds is 6. The highest BCUT2D eigenvalue weighted by molar-refractivity contribution is 8.01. The molecule has 1 aromatic rings. The normalized spacial score (nSPS) is 11.9. The van der Waals surface area contributed by atoms with Crippen LogP contribution in [0.1, 0.15) is 26.7 Å². The van der Waals surface area contributed by atoms with Crippen molar-refractivity contribution in [2.24, 2.45) is 0 Å². The number of nitrogens with zero attached hydrogens (tertiary/aromatic N) is 2. The second kappa shape index (κ2) is 5.81. The lowest BCUT2D eigenvalue weighted by Crippen LogP contribution is -2.05. The van der Waals surface area contributed by atoms with E-state index >= 15 is 0 Å². The SMILES string of the molecule is CCCCS(=O)(=O)c1nnc(SCC)s1. The molecule has 0 bridgehead atoms. The van der Waals surface area contributed by atoms with E-state index in [2.05, 4.69) is 10.2 Å². The molecule has 0 aromatic carbocycles. The van der Waals surface area contributed by atoms with Gasteiger partial charge in [-0.05, 0) is 12.2 Å². The van der Waals surface area contributed by atoms with Crippen molar-refractivity contribution in [2.75, 3.05) is 11.5 Å². The fourth-order valence-electron chi connectivity index (χ4n) is 0.926. The third kappa shape index (κ3) is 3.73. The second-order valence-corrected chi connectivity index (χ2v) is 7.71. The Kier molecular flexibility index (Phi) is 5.01. The Morgan fingerprint density at radius 1 is 1.33 bits per heavy atom. The lowest BCUT2D eigenvalue weighted by Gasteiger charge is -1.96. The third-order valence-corrected chi connectivity index (χ3v) is 5.87. The van der Waals surface area contributed by atoms with Crippen LogP contribution in [0, 0.1) is 0 Å². The number of thioether (sulfide) groups is 1. The summed E-state index contributed by atoms with van der Waals surface area (Å²) in [6.07, 6.45) is 1.55. The third-order valence-electron chi connectivity index (χ3n) is 1.69. The standard InChI is InChI=1S/C8H14N2O2S3/c1-3-5-6-15(11,12)8-10-9-7(14-8)13-4-2/h3-6H2,1-2H3. The zero-order valence-electron chi connectivity index (χ0n) is 8.76. The molecule has 1 rings (SSSR count). The summed E-state index contributed by atoms with van der Waals surface area (Å²) < 4.78 is 24.3. The molecule has 0 amide bonds. The monoisotopic (exact) mass is 266 g/mol. The van der Waals surface area contributed by atoms with E-state index in [0.717, 1.165) is 16.5 Å². The molecule has 0 unspecified atom stereocenters. The highest BCUT2D eigenvalue weighted by atomic mass is 32.2. The Morgan fingerprint density at radius 2 is 2.07 bits per heavy atom. The number of sulfone groups is 1. The van der Waals surface area contributed by atoms with E-state index in [-0.39, 0.29) is 10.1 Å². The molecule has 86 valence electrons. The van der Waals surface area contributed by atoms with E-state index in [4.69, 9.17) is 0 Å². The maximum atomic E-state index is 11.7. The van der Waals surface area contributed by atoms with Gasteiger partial charge in [0, 0.05) is 0 Å². The van der Waals surface area contributed by atoms with Crippen LogP contribution in [0.25, 0.3) is 0 Å². The molecule has 0 radical (unpaired) electrons. The molecule has 0 aliphatic heterocycles. The predicted molar refractivity (Wildman–Crippen MR) is 63.3 cm³/mol. The van der Waals surface area contributed by atoms with Crippen molar-refractivity contribution in [1.82, 2.24) is 10.2 Å². The fourth-order valence-corrected chi connectivity index (χ4v) is 4.57. The average molecular weight is 266 g/mol. The molecule has 0 saturated carbocycles. The minimum Gasteiger partial charge on any atom is -0.221 e. The Bertz CT molecular complexity index is 400. The Hall–Kier alpha value is -0.140. The van der Waals surface area contributed by atoms with Crippen molar-refractivity contribution in [1.29, 1.82) is 0 Å².